The molecule has 0 fully saturated rings. The minimum absolute atomic E-state index is 1.22. The summed E-state index contributed by atoms with van der Waals surface area (Å²) < 4.78 is 18.6. The van der Waals surface area contributed by atoms with Crippen LogP contribution in [-0.4, -0.2) is 32.4 Å². The van der Waals surface area contributed by atoms with Gasteiger partial charge in [0.25, 0.3) is 0 Å². The van der Waals surface area contributed by atoms with Gasteiger partial charge in [0, 0.05) is 0 Å². The van der Waals surface area contributed by atoms with Crippen molar-refractivity contribution >= 4 is 32.4 Å². The average Bonchev–Trinajstić information content (AvgIpc) is 2.60. The molecule has 0 saturated carbocycles. The molecule has 0 aromatic rings. The minimum atomic E-state index is -1.22. The fourth-order valence-corrected chi connectivity index (χ4v) is 7.50. The van der Waals surface area contributed by atoms with Crippen molar-refractivity contribution in [3.8, 4) is 26.8 Å². The molecule has 2 heterocycles. The summed E-state index contributed by atoms with van der Waals surface area (Å²) in [5.74, 6) is 0. The van der Waals surface area contributed by atoms with E-state index in [-0.39, 0.29) is 0 Å². The van der Waals surface area contributed by atoms with E-state index in [2.05, 4.69) is 26.8 Å². The van der Waals surface area contributed by atoms with Gasteiger partial charge in [0.15, 0.2) is 0 Å². The summed E-state index contributed by atoms with van der Waals surface area (Å²) in [6.45, 7) is 0. The topological polar surface area (TPSA) is 0 Å². The van der Waals surface area contributed by atoms with Gasteiger partial charge in [-0.1, -0.05) is 0 Å². The molecule has 2 aliphatic heterocycles. The van der Waals surface area contributed by atoms with Crippen LogP contribution in [0.2, 0.25) is 0 Å². The average molecular weight is 212 g/mol. The Morgan fingerprint density at radius 2 is 1.12 bits per heavy atom. The number of rotatable bonds is 0. The van der Waals surface area contributed by atoms with Gasteiger partial charge in [-0.3, -0.25) is 0 Å². The number of hydrogen-bond acceptors (Lipinski definition) is 0. The fourth-order valence-electron chi connectivity index (χ4n) is 0.394. The Hall–Kier alpha value is -0.0473. The Balaban J connectivity index is 1.87. The van der Waals surface area contributed by atoms with E-state index in [1.54, 1.807) is 0 Å². The van der Waals surface area contributed by atoms with E-state index in [1.807, 2.05) is 0 Å². The van der Waals surface area contributed by atoms with E-state index in [0.717, 1.165) is 0 Å². The van der Waals surface area contributed by atoms with Crippen LogP contribution >= 0.6 is 0 Å². The summed E-state index contributed by atoms with van der Waals surface area (Å²) >= 11 is -2.44. The zero-order valence-corrected chi connectivity index (χ0v) is 9.00. The number of hydrogen-bond donors (Lipinski definition) is 0. The molecule has 0 N–H and O–H groups in total. The van der Waals surface area contributed by atoms with Crippen LogP contribution in [0.1, 0.15) is 0 Å². The molecule has 0 aromatic heterocycles. The van der Waals surface area contributed by atoms with Crippen molar-refractivity contribution in [3.63, 3.8) is 0 Å². The predicted molar refractivity (Wildman–Crippen MR) is 34.8 cm³/mol. The summed E-state index contributed by atoms with van der Waals surface area (Å²) in [5.41, 5.74) is 0. The Labute approximate surface area is 59.1 Å². The predicted octanol–water partition coefficient (Wildman–Crippen LogP) is -0.751. The summed E-state index contributed by atoms with van der Waals surface area (Å²) in [5, 5.41) is 0. The maximum atomic E-state index is 3.19. The SMILES string of the molecule is [C]1#[C][Ga]1[C]#[C][Ga]1[C]#[C]1. The third-order valence-corrected chi connectivity index (χ3v) is 6.75. The van der Waals surface area contributed by atoms with E-state index in [0.29, 0.717) is 0 Å². The quantitative estimate of drug-likeness (QED) is 0.365. The first-order valence-corrected chi connectivity index (χ1v) is 9.75. The van der Waals surface area contributed by atoms with Gasteiger partial charge in [-0.05, 0) is 0 Å². The van der Waals surface area contributed by atoms with Crippen LogP contribution < -0.4 is 0 Å². The Kier molecular flexibility index (Phi) is 1.03. The molecule has 0 bridgehead atoms. The Bertz CT molecular complexity index is 251. The van der Waals surface area contributed by atoms with Crippen LogP contribution in [0.25, 0.3) is 0 Å². The summed E-state index contributed by atoms with van der Waals surface area (Å²) in [6, 6.07) is 0. The molecule has 0 amide bonds. The Morgan fingerprint density at radius 3 is 1.38 bits per heavy atom. The first kappa shape index (κ1) is 4.80. The van der Waals surface area contributed by atoms with Gasteiger partial charge < -0.3 is 0 Å². The van der Waals surface area contributed by atoms with Gasteiger partial charge in [-0.2, -0.15) is 0 Å². The molecule has 0 radical (unpaired) electrons. The molecular formula is C6Ga2. The van der Waals surface area contributed by atoms with Crippen LogP contribution in [-0.2, 0) is 0 Å². The third kappa shape index (κ3) is 1.22. The molecular weight excluding hydrogens is 212 g/mol. The molecule has 0 unspecified atom stereocenters. The van der Waals surface area contributed by atoms with Gasteiger partial charge in [0.2, 0.25) is 0 Å². The van der Waals surface area contributed by atoms with Crippen LogP contribution in [0.15, 0.2) is 0 Å². The van der Waals surface area contributed by atoms with Gasteiger partial charge in [0.05, 0.1) is 0 Å². The summed E-state index contributed by atoms with van der Waals surface area (Å²) in [6.07, 6.45) is 0. The zero-order chi connectivity index (χ0) is 5.40. The van der Waals surface area contributed by atoms with E-state index >= 15 is 0 Å². The normalized spacial score (nSPS) is 14.0. The van der Waals surface area contributed by atoms with Crippen molar-refractivity contribution in [2.45, 2.75) is 0 Å². The maximum absolute atomic E-state index is 3.19. The summed E-state index contributed by atoms with van der Waals surface area (Å²) in [4.78, 5) is 0. The van der Waals surface area contributed by atoms with Crippen LogP contribution in [0.5, 0.6) is 0 Å². The molecule has 2 rings (SSSR count). The molecule has 2 aliphatic rings. The first-order valence-electron chi connectivity index (χ1n) is 2.48. The van der Waals surface area contributed by atoms with Crippen molar-refractivity contribution in [2.75, 3.05) is 0 Å². The molecule has 0 nitrogen and oxygen atoms in total. The van der Waals surface area contributed by atoms with Crippen LogP contribution in [0.4, 0.5) is 0 Å². The third-order valence-electron chi connectivity index (χ3n) is 0.949. The van der Waals surface area contributed by atoms with Crippen molar-refractivity contribution in [2.24, 2.45) is 0 Å². The van der Waals surface area contributed by atoms with Crippen molar-refractivity contribution in [1.82, 2.24) is 0 Å². The van der Waals surface area contributed by atoms with Gasteiger partial charge in [-0.25, -0.2) is 0 Å². The summed E-state index contributed by atoms with van der Waals surface area (Å²) in [7, 11) is 0. The van der Waals surface area contributed by atoms with Crippen molar-refractivity contribution in [1.29, 1.82) is 0 Å². The molecule has 0 atom stereocenters. The fraction of sp³-hybridized carbons (Fsp3) is 0. The van der Waals surface area contributed by atoms with E-state index in [4.69, 9.17) is 0 Å². The zero-order valence-electron chi connectivity index (χ0n) is 4.15. The molecule has 8 heavy (non-hydrogen) atoms. The first-order chi connectivity index (χ1) is 3.95. The second kappa shape index (κ2) is 1.72. The molecule has 0 aromatic carbocycles. The molecule has 0 saturated heterocycles. The van der Waals surface area contributed by atoms with Gasteiger partial charge in [0.1, 0.15) is 0 Å². The molecule has 0 aliphatic carbocycles. The van der Waals surface area contributed by atoms with Crippen LogP contribution in [0.3, 0.4) is 0 Å². The van der Waals surface area contributed by atoms with Crippen molar-refractivity contribution in [3.05, 3.63) is 0 Å². The molecule has 2 heteroatoms. The molecule has 30 valence electrons. The molecule has 0 spiro atoms. The second-order valence-electron chi connectivity index (χ2n) is 1.73. The monoisotopic (exact) mass is 210 g/mol. The van der Waals surface area contributed by atoms with Crippen LogP contribution in [0, 0.1) is 26.8 Å². The Morgan fingerprint density at radius 1 is 0.750 bits per heavy atom. The van der Waals surface area contributed by atoms with E-state index in [9.17, 15) is 0 Å². The van der Waals surface area contributed by atoms with Crippen molar-refractivity contribution < 1.29 is 0 Å². The van der Waals surface area contributed by atoms with E-state index < -0.39 is 32.4 Å². The standard InChI is InChI=1S/3C2.2Ga/c3*1-2;;. The van der Waals surface area contributed by atoms with E-state index in [1.165, 1.54) is 0 Å². The van der Waals surface area contributed by atoms with Gasteiger partial charge >= 0.3 is 59.3 Å². The second-order valence-corrected chi connectivity index (χ2v) is 9.00. The van der Waals surface area contributed by atoms with Gasteiger partial charge in [-0.15, -0.1) is 0 Å².